The summed E-state index contributed by atoms with van der Waals surface area (Å²) in [5, 5.41) is 6.55. The van der Waals surface area contributed by atoms with Crippen molar-refractivity contribution in [3.8, 4) is 0 Å². The Balaban J connectivity index is 2.04. The maximum Gasteiger partial charge on any atom is 0.0928 e. The molecule has 1 heterocycles. The Bertz CT molecular complexity index is 470. The molecule has 0 aliphatic carbocycles. The summed E-state index contributed by atoms with van der Waals surface area (Å²) < 4.78 is 1.20. The fraction of sp³-hybridized carbons (Fsp3) is 0.357. The predicted molar refractivity (Wildman–Crippen MR) is 81.1 cm³/mol. The quantitative estimate of drug-likeness (QED) is 0.879. The topological polar surface area (TPSA) is 24.9 Å². The van der Waals surface area contributed by atoms with Gasteiger partial charge < -0.3 is 5.32 Å². The molecule has 96 valence electrons. The van der Waals surface area contributed by atoms with Crippen LogP contribution >= 0.6 is 27.3 Å². The summed E-state index contributed by atoms with van der Waals surface area (Å²) in [5.41, 5.74) is 1.37. The van der Waals surface area contributed by atoms with E-state index >= 15 is 0 Å². The first-order chi connectivity index (χ1) is 8.79. The zero-order chi connectivity index (χ0) is 12.8. The van der Waals surface area contributed by atoms with Crippen LogP contribution in [-0.4, -0.2) is 18.6 Å². The van der Waals surface area contributed by atoms with Crippen molar-refractivity contribution in [2.24, 2.45) is 5.92 Å². The van der Waals surface area contributed by atoms with Gasteiger partial charge in [-0.15, -0.1) is 11.3 Å². The maximum atomic E-state index is 4.38. The van der Waals surface area contributed by atoms with Gasteiger partial charge in [0.05, 0.1) is 5.01 Å². The summed E-state index contributed by atoms with van der Waals surface area (Å²) in [6.45, 7) is 1.01. The van der Waals surface area contributed by atoms with Gasteiger partial charge in [-0.25, -0.2) is 4.98 Å². The molecule has 1 N–H and O–H groups in total. The molecule has 0 aliphatic rings. The molecule has 4 heteroatoms. The lowest BCUT2D eigenvalue weighted by atomic mass is 9.96. The van der Waals surface area contributed by atoms with Crippen molar-refractivity contribution in [2.45, 2.75) is 12.8 Å². The van der Waals surface area contributed by atoms with E-state index in [-0.39, 0.29) is 0 Å². The average molecular weight is 325 g/mol. The Labute approximate surface area is 121 Å². The summed E-state index contributed by atoms with van der Waals surface area (Å²) >= 11 is 5.36. The summed E-state index contributed by atoms with van der Waals surface area (Å²) in [6, 6.07) is 8.45. The third-order valence-electron chi connectivity index (χ3n) is 2.91. The molecule has 18 heavy (non-hydrogen) atoms. The number of benzene rings is 1. The van der Waals surface area contributed by atoms with E-state index < -0.39 is 0 Å². The Morgan fingerprint density at radius 1 is 1.33 bits per heavy atom. The molecule has 0 saturated carbocycles. The van der Waals surface area contributed by atoms with Gasteiger partial charge in [0.25, 0.3) is 0 Å². The van der Waals surface area contributed by atoms with Crippen LogP contribution in [-0.2, 0) is 12.8 Å². The normalized spacial score (nSPS) is 12.6. The van der Waals surface area contributed by atoms with E-state index in [2.05, 4.69) is 50.5 Å². The summed E-state index contributed by atoms with van der Waals surface area (Å²) in [5.74, 6) is 0.583. The average Bonchev–Trinajstić information content (AvgIpc) is 2.85. The lowest BCUT2D eigenvalue weighted by Gasteiger charge is -2.16. The van der Waals surface area contributed by atoms with Crippen molar-refractivity contribution in [1.29, 1.82) is 0 Å². The number of nitrogens with one attached hydrogen (secondary N) is 1. The van der Waals surface area contributed by atoms with Gasteiger partial charge in [-0.1, -0.05) is 34.1 Å². The van der Waals surface area contributed by atoms with Gasteiger partial charge in [-0.05, 0) is 37.6 Å². The van der Waals surface area contributed by atoms with E-state index in [1.165, 1.54) is 15.0 Å². The number of thiazole rings is 1. The molecule has 0 amide bonds. The van der Waals surface area contributed by atoms with Gasteiger partial charge in [0.15, 0.2) is 0 Å². The SMILES string of the molecule is CNCC(Cc1nccs1)Cc1ccccc1Br. The predicted octanol–water partition coefficient (Wildman–Crippen LogP) is 3.53. The standard InChI is InChI=1S/C14H17BrN2S/c1-16-10-11(9-14-17-6-7-18-14)8-12-4-2-3-5-13(12)15/h2-7,11,16H,8-10H2,1H3. The number of hydrogen-bond donors (Lipinski definition) is 1. The van der Waals surface area contributed by atoms with Gasteiger partial charge >= 0.3 is 0 Å². The molecule has 0 fully saturated rings. The molecule has 1 aromatic carbocycles. The molecule has 1 atom stereocenters. The van der Waals surface area contributed by atoms with Gasteiger partial charge in [-0.3, -0.25) is 0 Å². The van der Waals surface area contributed by atoms with Crippen molar-refractivity contribution in [2.75, 3.05) is 13.6 Å². The molecule has 0 bridgehead atoms. The third kappa shape index (κ3) is 3.90. The van der Waals surface area contributed by atoms with Crippen LogP contribution in [0, 0.1) is 5.92 Å². The highest BCUT2D eigenvalue weighted by Crippen LogP contribution is 2.21. The number of aromatic nitrogens is 1. The first kappa shape index (κ1) is 13.7. The van der Waals surface area contributed by atoms with Gasteiger partial charge in [0.2, 0.25) is 0 Å². The van der Waals surface area contributed by atoms with Gasteiger partial charge in [-0.2, -0.15) is 0 Å². The van der Waals surface area contributed by atoms with Crippen LogP contribution in [0.25, 0.3) is 0 Å². The van der Waals surface area contributed by atoms with E-state index in [1.54, 1.807) is 11.3 Å². The number of hydrogen-bond acceptors (Lipinski definition) is 3. The highest BCUT2D eigenvalue weighted by atomic mass is 79.9. The second-order valence-electron chi connectivity index (χ2n) is 4.35. The van der Waals surface area contributed by atoms with E-state index in [0.717, 1.165) is 19.4 Å². The minimum atomic E-state index is 0.583. The number of halogens is 1. The molecule has 0 saturated heterocycles. The molecule has 2 nitrogen and oxygen atoms in total. The third-order valence-corrected chi connectivity index (χ3v) is 4.48. The van der Waals surface area contributed by atoms with Crippen LogP contribution in [0.3, 0.4) is 0 Å². The molecule has 2 aromatic rings. The molecule has 1 aromatic heterocycles. The smallest absolute Gasteiger partial charge is 0.0928 e. The van der Waals surface area contributed by atoms with Crippen LogP contribution < -0.4 is 5.32 Å². The minimum Gasteiger partial charge on any atom is -0.319 e. The number of nitrogens with zero attached hydrogens (tertiary/aromatic N) is 1. The van der Waals surface area contributed by atoms with Crippen LogP contribution in [0.5, 0.6) is 0 Å². The zero-order valence-corrected chi connectivity index (χ0v) is 12.8. The molecule has 0 aliphatic heterocycles. The van der Waals surface area contributed by atoms with Crippen molar-refractivity contribution in [3.63, 3.8) is 0 Å². The Morgan fingerprint density at radius 2 is 2.17 bits per heavy atom. The zero-order valence-electron chi connectivity index (χ0n) is 10.4. The summed E-state index contributed by atoms with van der Waals surface area (Å²) in [6.07, 6.45) is 4.00. The minimum absolute atomic E-state index is 0.583. The van der Waals surface area contributed by atoms with Crippen molar-refractivity contribution < 1.29 is 0 Å². The summed E-state index contributed by atoms with van der Waals surface area (Å²) in [7, 11) is 2.01. The molecule has 0 spiro atoms. The largest absolute Gasteiger partial charge is 0.319 e. The number of rotatable bonds is 6. The van der Waals surface area contributed by atoms with Crippen molar-refractivity contribution >= 4 is 27.3 Å². The molecule has 0 radical (unpaired) electrons. The summed E-state index contributed by atoms with van der Waals surface area (Å²) in [4.78, 5) is 4.38. The van der Waals surface area contributed by atoms with E-state index in [9.17, 15) is 0 Å². The Kier molecular flexibility index (Phi) is 5.35. The highest BCUT2D eigenvalue weighted by Gasteiger charge is 2.13. The van der Waals surface area contributed by atoms with Crippen LogP contribution in [0.2, 0.25) is 0 Å². The molecular formula is C14H17BrN2S. The molecular weight excluding hydrogens is 308 g/mol. The second kappa shape index (κ2) is 7.02. The fourth-order valence-electron chi connectivity index (χ4n) is 2.08. The van der Waals surface area contributed by atoms with E-state index in [4.69, 9.17) is 0 Å². The van der Waals surface area contributed by atoms with E-state index in [1.807, 2.05) is 18.6 Å². The van der Waals surface area contributed by atoms with Crippen LogP contribution in [0.15, 0.2) is 40.3 Å². The van der Waals surface area contributed by atoms with Gasteiger partial charge in [0.1, 0.15) is 0 Å². The molecule has 2 rings (SSSR count). The van der Waals surface area contributed by atoms with E-state index in [0.29, 0.717) is 5.92 Å². The Hall–Kier alpha value is -0.710. The highest BCUT2D eigenvalue weighted by molar-refractivity contribution is 9.10. The molecule has 1 unspecified atom stereocenters. The van der Waals surface area contributed by atoms with Crippen molar-refractivity contribution in [3.05, 3.63) is 50.9 Å². The second-order valence-corrected chi connectivity index (χ2v) is 6.18. The monoisotopic (exact) mass is 324 g/mol. The van der Waals surface area contributed by atoms with Crippen LogP contribution in [0.4, 0.5) is 0 Å². The Morgan fingerprint density at radius 3 is 2.83 bits per heavy atom. The lowest BCUT2D eigenvalue weighted by Crippen LogP contribution is -2.22. The van der Waals surface area contributed by atoms with Crippen molar-refractivity contribution in [1.82, 2.24) is 10.3 Å². The lowest BCUT2D eigenvalue weighted by molar-refractivity contribution is 0.491. The fourth-order valence-corrected chi connectivity index (χ4v) is 3.26. The maximum absolute atomic E-state index is 4.38. The first-order valence-electron chi connectivity index (χ1n) is 6.06. The van der Waals surface area contributed by atoms with Gasteiger partial charge in [0, 0.05) is 22.5 Å². The van der Waals surface area contributed by atoms with Crippen LogP contribution in [0.1, 0.15) is 10.6 Å². The first-order valence-corrected chi connectivity index (χ1v) is 7.73.